The number of amides is 2. The van der Waals surface area contributed by atoms with Crippen molar-refractivity contribution in [1.82, 2.24) is 15.3 Å². The van der Waals surface area contributed by atoms with E-state index in [1.807, 2.05) is 61.5 Å². The fraction of sp³-hybridized carbons (Fsp3) is 0.154. The average molecular weight is 425 g/mol. The number of carbonyl (C=O) groups excluding carboxylic acids is 2. The SMILES string of the molecule is C[C@@H](Cc1ccc(C(=O)NCc2ccccn2)cc1)C(=O)Nc1ccc2cnccc2c1. The van der Waals surface area contributed by atoms with Gasteiger partial charge >= 0.3 is 0 Å². The van der Waals surface area contributed by atoms with Gasteiger partial charge in [-0.15, -0.1) is 0 Å². The third-order valence-electron chi connectivity index (χ3n) is 5.27. The smallest absolute Gasteiger partial charge is 0.251 e. The molecule has 6 nitrogen and oxygen atoms in total. The number of nitrogens with zero attached hydrogens (tertiary/aromatic N) is 2. The number of benzene rings is 2. The van der Waals surface area contributed by atoms with E-state index in [2.05, 4.69) is 20.6 Å². The average Bonchev–Trinajstić information content (AvgIpc) is 2.83. The third-order valence-corrected chi connectivity index (χ3v) is 5.27. The summed E-state index contributed by atoms with van der Waals surface area (Å²) in [4.78, 5) is 33.3. The second-order valence-electron chi connectivity index (χ2n) is 7.73. The van der Waals surface area contributed by atoms with Gasteiger partial charge in [-0.05, 0) is 59.8 Å². The van der Waals surface area contributed by atoms with Crippen molar-refractivity contribution < 1.29 is 9.59 Å². The van der Waals surface area contributed by atoms with Crippen LogP contribution in [0.1, 0.15) is 28.5 Å². The Labute approximate surface area is 186 Å². The maximum absolute atomic E-state index is 12.7. The number of anilines is 1. The van der Waals surface area contributed by atoms with Crippen LogP contribution in [-0.4, -0.2) is 21.8 Å². The first-order valence-corrected chi connectivity index (χ1v) is 10.5. The number of pyridine rings is 2. The van der Waals surface area contributed by atoms with Crippen LogP contribution >= 0.6 is 0 Å². The number of fused-ring (bicyclic) bond motifs is 1. The second kappa shape index (κ2) is 9.83. The van der Waals surface area contributed by atoms with Gasteiger partial charge in [0, 0.05) is 41.1 Å². The van der Waals surface area contributed by atoms with Crippen LogP contribution < -0.4 is 10.6 Å². The molecule has 0 radical (unpaired) electrons. The molecular weight excluding hydrogens is 400 g/mol. The van der Waals surface area contributed by atoms with Crippen molar-refractivity contribution in [2.75, 3.05) is 5.32 Å². The van der Waals surface area contributed by atoms with E-state index in [1.54, 1.807) is 30.7 Å². The lowest BCUT2D eigenvalue weighted by molar-refractivity contribution is -0.119. The zero-order chi connectivity index (χ0) is 22.3. The highest BCUT2D eigenvalue weighted by atomic mass is 16.2. The molecule has 2 aromatic carbocycles. The molecule has 0 aliphatic heterocycles. The van der Waals surface area contributed by atoms with Gasteiger partial charge in [-0.2, -0.15) is 0 Å². The van der Waals surface area contributed by atoms with E-state index in [9.17, 15) is 9.59 Å². The van der Waals surface area contributed by atoms with Crippen LogP contribution in [0.15, 0.2) is 85.3 Å². The van der Waals surface area contributed by atoms with Gasteiger partial charge in [-0.25, -0.2) is 0 Å². The first-order valence-electron chi connectivity index (χ1n) is 10.5. The molecule has 0 saturated carbocycles. The molecule has 2 heterocycles. The van der Waals surface area contributed by atoms with Gasteiger partial charge in [0.1, 0.15) is 0 Å². The standard InChI is InChI=1S/C26H24N4O2/c1-18(25(31)30-23-10-9-22-16-27-13-11-21(22)15-23)14-19-5-7-20(8-6-19)26(32)29-17-24-4-2-3-12-28-24/h2-13,15-16,18H,14,17H2,1H3,(H,29,32)(H,30,31)/t18-/m0/s1. The predicted octanol–water partition coefficient (Wildman–Crippen LogP) is 4.38. The number of nitrogens with one attached hydrogen (secondary N) is 2. The Hall–Kier alpha value is -4.06. The van der Waals surface area contributed by atoms with Crippen molar-refractivity contribution in [1.29, 1.82) is 0 Å². The highest BCUT2D eigenvalue weighted by molar-refractivity contribution is 5.96. The topological polar surface area (TPSA) is 84.0 Å². The van der Waals surface area contributed by atoms with E-state index in [0.29, 0.717) is 18.5 Å². The summed E-state index contributed by atoms with van der Waals surface area (Å²) in [5.41, 5.74) is 3.15. The quantitative estimate of drug-likeness (QED) is 0.461. The Morgan fingerprint density at radius 1 is 0.938 bits per heavy atom. The van der Waals surface area contributed by atoms with Gasteiger partial charge in [-0.1, -0.05) is 31.2 Å². The molecule has 4 rings (SSSR count). The predicted molar refractivity (Wildman–Crippen MR) is 125 cm³/mol. The van der Waals surface area contributed by atoms with Crippen molar-refractivity contribution in [3.63, 3.8) is 0 Å². The van der Waals surface area contributed by atoms with E-state index in [4.69, 9.17) is 0 Å². The maximum Gasteiger partial charge on any atom is 0.251 e. The van der Waals surface area contributed by atoms with E-state index < -0.39 is 0 Å². The summed E-state index contributed by atoms with van der Waals surface area (Å²) in [6.45, 7) is 2.28. The minimum absolute atomic E-state index is 0.0458. The third kappa shape index (κ3) is 5.35. The monoisotopic (exact) mass is 424 g/mol. The molecule has 0 bridgehead atoms. The minimum Gasteiger partial charge on any atom is -0.346 e. The molecular formula is C26H24N4O2. The van der Waals surface area contributed by atoms with Crippen molar-refractivity contribution in [3.8, 4) is 0 Å². The van der Waals surface area contributed by atoms with E-state index in [1.165, 1.54) is 0 Å². The van der Waals surface area contributed by atoms with Gasteiger partial charge < -0.3 is 10.6 Å². The first-order chi connectivity index (χ1) is 15.6. The second-order valence-corrected chi connectivity index (χ2v) is 7.73. The van der Waals surface area contributed by atoms with Crippen molar-refractivity contribution >= 4 is 28.3 Å². The van der Waals surface area contributed by atoms with Crippen LogP contribution in [0.5, 0.6) is 0 Å². The first kappa shape index (κ1) is 21.2. The maximum atomic E-state index is 12.7. The summed E-state index contributed by atoms with van der Waals surface area (Å²) in [6, 6.07) is 20.6. The highest BCUT2D eigenvalue weighted by Gasteiger charge is 2.15. The summed E-state index contributed by atoms with van der Waals surface area (Å²) >= 11 is 0. The molecule has 1 atom stereocenters. The molecule has 2 aromatic heterocycles. The number of rotatable bonds is 7. The summed E-state index contributed by atoms with van der Waals surface area (Å²) < 4.78 is 0. The molecule has 0 fully saturated rings. The van der Waals surface area contributed by atoms with Crippen LogP contribution in [-0.2, 0) is 17.8 Å². The Balaban J connectivity index is 1.31. The fourth-order valence-corrected chi connectivity index (χ4v) is 3.44. The molecule has 2 N–H and O–H groups in total. The van der Waals surface area contributed by atoms with Gasteiger partial charge in [0.05, 0.1) is 12.2 Å². The molecule has 160 valence electrons. The number of aromatic nitrogens is 2. The lowest BCUT2D eigenvalue weighted by Crippen LogP contribution is -2.23. The zero-order valence-corrected chi connectivity index (χ0v) is 17.8. The van der Waals surface area contributed by atoms with Crippen LogP contribution in [0.3, 0.4) is 0 Å². The van der Waals surface area contributed by atoms with Crippen LogP contribution in [0.25, 0.3) is 10.8 Å². The molecule has 0 unspecified atom stereocenters. The molecule has 32 heavy (non-hydrogen) atoms. The molecule has 0 spiro atoms. The Morgan fingerprint density at radius 3 is 2.56 bits per heavy atom. The van der Waals surface area contributed by atoms with E-state index in [0.717, 1.165) is 27.7 Å². The summed E-state index contributed by atoms with van der Waals surface area (Å²) in [6.07, 6.45) is 5.81. The Bertz CT molecular complexity index is 1220. The highest BCUT2D eigenvalue weighted by Crippen LogP contribution is 2.19. The summed E-state index contributed by atoms with van der Waals surface area (Å²) in [5.74, 6) is -0.415. The van der Waals surface area contributed by atoms with E-state index >= 15 is 0 Å². The van der Waals surface area contributed by atoms with E-state index in [-0.39, 0.29) is 17.7 Å². The van der Waals surface area contributed by atoms with Crippen LogP contribution in [0.4, 0.5) is 5.69 Å². The van der Waals surface area contributed by atoms with Gasteiger partial charge in [0.25, 0.3) is 5.91 Å². The lowest BCUT2D eigenvalue weighted by Gasteiger charge is -2.13. The fourth-order valence-electron chi connectivity index (χ4n) is 3.44. The van der Waals surface area contributed by atoms with Crippen LogP contribution in [0.2, 0.25) is 0 Å². The summed E-state index contributed by atoms with van der Waals surface area (Å²) in [5, 5.41) is 7.91. The van der Waals surface area contributed by atoms with Crippen molar-refractivity contribution in [2.45, 2.75) is 19.9 Å². The normalized spacial score (nSPS) is 11.7. The molecule has 0 aliphatic carbocycles. The molecule has 2 amide bonds. The minimum atomic E-state index is -0.216. The number of carbonyl (C=O) groups is 2. The number of hydrogen-bond donors (Lipinski definition) is 2. The zero-order valence-electron chi connectivity index (χ0n) is 17.8. The summed E-state index contributed by atoms with van der Waals surface area (Å²) in [7, 11) is 0. The molecule has 0 saturated heterocycles. The Kier molecular flexibility index (Phi) is 6.51. The van der Waals surface area contributed by atoms with Gasteiger partial charge in [0.2, 0.25) is 5.91 Å². The number of hydrogen-bond acceptors (Lipinski definition) is 4. The van der Waals surface area contributed by atoms with Crippen molar-refractivity contribution in [3.05, 3.63) is 102 Å². The molecule has 0 aliphatic rings. The lowest BCUT2D eigenvalue weighted by atomic mass is 9.99. The molecule has 6 heteroatoms. The van der Waals surface area contributed by atoms with Gasteiger partial charge in [-0.3, -0.25) is 19.6 Å². The molecule has 4 aromatic rings. The van der Waals surface area contributed by atoms with Gasteiger partial charge in [0.15, 0.2) is 0 Å². The Morgan fingerprint density at radius 2 is 1.78 bits per heavy atom. The largest absolute Gasteiger partial charge is 0.346 e. The van der Waals surface area contributed by atoms with Crippen molar-refractivity contribution in [2.24, 2.45) is 5.92 Å². The van der Waals surface area contributed by atoms with Crippen LogP contribution in [0, 0.1) is 5.92 Å².